The lowest BCUT2D eigenvalue weighted by atomic mass is 10.00. The van der Waals surface area contributed by atoms with Crippen molar-refractivity contribution < 1.29 is 31.5 Å². The number of hydrogen-bond acceptors (Lipinski definition) is 3. The van der Waals surface area contributed by atoms with E-state index in [1.54, 1.807) is 0 Å². The van der Waals surface area contributed by atoms with Crippen molar-refractivity contribution in [3.05, 3.63) is 35.4 Å². The molecule has 3 nitrogen and oxygen atoms in total. The van der Waals surface area contributed by atoms with E-state index in [2.05, 4.69) is 4.74 Å². The summed E-state index contributed by atoms with van der Waals surface area (Å²) in [6.07, 6.45) is -4.58. The minimum Gasteiger partial charge on any atom is -0.462 e. The van der Waals surface area contributed by atoms with Crippen LogP contribution in [0.3, 0.4) is 0 Å². The molecule has 0 aliphatic carbocycles. The van der Waals surface area contributed by atoms with Gasteiger partial charge in [-0.2, -0.15) is 22.0 Å². The number of halogens is 6. The van der Waals surface area contributed by atoms with E-state index in [0.29, 0.717) is 12.1 Å². The highest BCUT2D eigenvalue weighted by atomic mass is 35.5. The smallest absolute Gasteiger partial charge is 0.416 e. The van der Waals surface area contributed by atoms with Gasteiger partial charge in [-0.1, -0.05) is 12.1 Å². The van der Waals surface area contributed by atoms with E-state index < -0.39 is 29.7 Å². The second-order valence-electron chi connectivity index (χ2n) is 3.94. The molecule has 1 rings (SSSR count). The lowest BCUT2D eigenvalue weighted by molar-refractivity contribution is -0.174. The first-order valence-electron chi connectivity index (χ1n) is 5.58. The van der Waals surface area contributed by atoms with Crippen LogP contribution < -0.4 is 5.73 Å². The van der Waals surface area contributed by atoms with Crippen molar-refractivity contribution in [3.63, 3.8) is 0 Å². The summed E-state index contributed by atoms with van der Waals surface area (Å²) in [7, 11) is 0. The molecule has 120 valence electrons. The van der Waals surface area contributed by atoms with Gasteiger partial charge >= 0.3 is 18.1 Å². The monoisotopic (exact) mass is 333 g/mol. The van der Waals surface area contributed by atoms with E-state index in [4.69, 9.17) is 5.73 Å². The largest absolute Gasteiger partial charge is 0.462 e. The summed E-state index contributed by atoms with van der Waals surface area (Å²) in [5, 5.41) is 0. The summed E-state index contributed by atoms with van der Waals surface area (Å²) in [4.78, 5) is 11.1. The lowest BCUT2D eigenvalue weighted by Gasteiger charge is -2.22. The Kier molecular flexibility index (Phi) is 6.56. The van der Waals surface area contributed by atoms with Gasteiger partial charge in [0.2, 0.25) is 0 Å². The molecule has 0 aliphatic heterocycles. The van der Waals surface area contributed by atoms with Crippen molar-refractivity contribution in [2.24, 2.45) is 5.73 Å². The molecule has 0 heterocycles. The number of benzene rings is 1. The number of carbonyl (C=O) groups is 1. The van der Waals surface area contributed by atoms with Crippen LogP contribution in [-0.2, 0) is 15.7 Å². The van der Waals surface area contributed by atoms with Crippen molar-refractivity contribution in [3.8, 4) is 0 Å². The predicted octanol–water partition coefficient (Wildman–Crippen LogP) is 3.33. The molecule has 1 atom stereocenters. The lowest BCUT2D eigenvalue weighted by Crippen LogP contribution is -2.41. The molecule has 0 radical (unpaired) electrons. The molecular formula is C12H13ClF5NO2. The van der Waals surface area contributed by atoms with E-state index in [9.17, 15) is 26.7 Å². The number of carbonyl (C=O) groups excluding carboxylic acids is 1. The Morgan fingerprint density at radius 3 is 2.05 bits per heavy atom. The molecule has 0 bridgehead atoms. The number of rotatable bonds is 4. The fraction of sp³-hybridized carbons (Fsp3) is 0.417. The highest BCUT2D eigenvalue weighted by molar-refractivity contribution is 5.85. The topological polar surface area (TPSA) is 52.3 Å². The van der Waals surface area contributed by atoms with E-state index >= 15 is 0 Å². The maximum atomic E-state index is 13.6. The third kappa shape index (κ3) is 4.53. The van der Waals surface area contributed by atoms with Crippen LogP contribution in [0.15, 0.2) is 24.3 Å². The Morgan fingerprint density at radius 1 is 1.19 bits per heavy atom. The summed E-state index contributed by atoms with van der Waals surface area (Å²) < 4.78 is 68.4. The second-order valence-corrected chi connectivity index (χ2v) is 3.94. The molecule has 2 N–H and O–H groups in total. The average molecular weight is 334 g/mol. The van der Waals surface area contributed by atoms with Crippen LogP contribution in [0.2, 0.25) is 0 Å². The molecule has 1 aromatic carbocycles. The zero-order valence-corrected chi connectivity index (χ0v) is 11.6. The summed E-state index contributed by atoms with van der Waals surface area (Å²) in [6, 6.07) is 0.775. The van der Waals surface area contributed by atoms with Crippen LogP contribution >= 0.6 is 12.4 Å². The maximum Gasteiger partial charge on any atom is 0.416 e. The van der Waals surface area contributed by atoms with E-state index in [0.717, 1.165) is 12.1 Å². The Morgan fingerprint density at radius 2 is 1.67 bits per heavy atom. The van der Waals surface area contributed by atoms with Gasteiger partial charge in [0.05, 0.1) is 12.2 Å². The van der Waals surface area contributed by atoms with Crippen LogP contribution in [0.1, 0.15) is 24.1 Å². The van der Waals surface area contributed by atoms with Crippen molar-refractivity contribution in [2.45, 2.75) is 25.1 Å². The zero-order valence-electron chi connectivity index (χ0n) is 10.8. The molecule has 0 saturated carbocycles. The van der Waals surface area contributed by atoms with Crippen LogP contribution in [0, 0.1) is 0 Å². The fourth-order valence-electron chi connectivity index (χ4n) is 1.44. The predicted molar refractivity (Wildman–Crippen MR) is 67.2 cm³/mol. The molecule has 0 amide bonds. The Labute approximate surface area is 123 Å². The summed E-state index contributed by atoms with van der Waals surface area (Å²) in [5.41, 5.74) is 3.94. The minimum absolute atomic E-state index is 0. The molecule has 1 aromatic rings. The first kappa shape index (κ1) is 19.6. The van der Waals surface area contributed by atoms with Crippen LogP contribution in [0.5, 0.6) is 0 Å². The molecule has 0 unspecified atom stereocenters. The van der Waals surface area contributed by atoms with Crippen molar-refractivity contribution >= 4 is 18.4 Å². The van der Waals surface area contributed by atoms with Crippen LogP contribution in [0.4, 0.5) is 22.0 Å². The average Bonchev–Trinajstić information content (AvgIpc) is 2.37. The summed E-state index contributed by atoms with van der Waals surface area (Å²) >= 11 is 0. The first-order chi connectivity index (χ1) is 9.10. The quantitative estimate of drug-likeness (QED) is 0.679. The third-order valence-corrected chi connectivity index (χ3v) is 2.54. The van der Waals surface area contributed by atoms with E-state index in [1.807, 2.05) is 0 Å². The van der Waals surface area contributed by atoms with Crippen LogP contribution in [-0.4, -0.2) is 18.5 Å². The van der Waals surface area contributed by atoms with E-state index in [-0.39, 0.29) is 24.6 Å². The highest BCUT2D eigenvalue weighted by Gasteiger charge is 2.47. The van der Waals surface area contributed by atoms with Crippen LogP contribution in [0.25, 0.3) is 0 Å². The number of nitrogens with two attached hydrogens (primary N) is 1. The molecule has 0 aliphatic rings. The standard InChI is InChI=1S/C12H12F5NO2.ClH/c1-2-20-10(19)11(13,14)9(18)7-3-5-8(6-4-7)12(15,16)17;/h3-6,9H,2,18H2,1H3;1H/t9-;/m1./s1. The summed E-state index contributed by atoms with van der Waals surface area (Å²) in [6.45, 7) is 1.09. The number of hydrogen-bond donors (Lipinski definition) is 1. The molecule has 9 heteroatoms. The molecule has 0 spiro atoms. The number of alkyl halides is 5. The SMILES string of the molecule is CCOC(=O)C(F)(F)[C@H](N)c1ccc(C(F)(F)F)cc1.Cl. The molecule has 0 fully saturated rings. The zero-order chi connectivity index (χ0) is 15.6. The van der Waals surface area contributed by atoms with Gasteiger partial charge in [-0.25, -0.2) is 4.79 Å². The molecule has 0 saturated heterocycles. The fourth-order valence-corrected chi connectivity index (χ4v) is 1.44. The van der Waals surface area contributed by atoms with E-state index in [1.165, 1.54) is 6.92 Å². The maximum absolute atomic E-state index is 13.6. The Bertz CT molecular complexity index is 476. The molecule has 0 aromatic heterocycles. The Balaban J connectivity index is 0.00000400. The third-order valence-electron chi connectivity index (χ3n) is 2.54. The van der Waals surface area contributed by atoms with Crippen molar-refractivity contribution in [1.82, 2.24) is 0 Å². The summed E-state index contributed by atoms with van der Waals surface area (Å²) in [5.74, 6) is -5.83. The number of esters is 1. The molecule has 21 heavy (non-hydrogen) atoms. The minimum atomic E-state index is -4.58. The van der Waals surface area contributed by atoms with Gasteiger partial charge in [-0.15, -0.1) is 12.4 Å². The van der Waals surface area contributed by atoms with Gasteiger partial charge in [-0.3, -0.25) is 0 Å². The van der Waals surface area contributed by atoms with Gasteiger partial charge in [0.1, 0.15) is 6.04 Å². The first-order valence-corrected chi connectivity index (χ1v) is 5.58. The van der Waals surface area contributed by atoms with Gasteiger partial charge < -0.3 is 10.5 Å². The number of ether oxygens (including phenoxy) is 1. The van der Waals surface area contributed by atoms with Crippen molar-refractivity contribution in [1.29, 1.82) is 0 Å². The van der Waals surface area contributed by atoms with Gasteiger partial charge in [0.15, 0.2) is 0 Å². The Hall–Kier alpha value is -1.41. The van der Waals surface area contributed by atoms with Crippen molar-refractivity contribution in [2.75, 3.05) is 6.61 Å². The second kappa shape index (κ2) is 7.04. The molecular weight excluding hydrogens is 321 g/mol. The highest BCUT2D eigenvalue weighted by Crippen LogP contribution is 2.33. The van der Waals surface area contributed by atoms with Gasteiger partial charge in [0, 0.05) is 0 Å². The normalized spacial score (nSPS) is 13.3. The van der Waals surface area contributed by atoms with Gasteiger partial charge in [0.25, 0.3) is 0 Å². The van der Waals surface area contributed by atoms with Gasteiger partial charge in [-0.05, 0) is 24.6 Å².